The number of rotatable bonds is 6. The van der Waals surface area contributed by atoms with Crippen molar-refractivity contribution in [1.82, 2.24) is 15.1 Å². The number of carbonyl (C=O) groups excluding carboxylic acids is 2. The summed E-state index contributed by atoms with van der Waals surface area (Å²) >= 11 is 0. The minimum absolute atomic E-state index is 0.192. The van der Waals surface area contributed by atoms with E-state index in [2.05, 4.69) is 10.2 Å². The van der Waals surface area contributed by atoms with E-state index >= 15 is 0 Å². The zero-order chi connectivity index (χ0) is 14.6. The van der Waals surface area contributed by atoms with Gasteiger partial charge in [-0.15, -0.1) is 0 Å². The fourth-order valence-corrected chi connectivity index (χ4v) is 2.61. The fraction of sp³-hybridized carbons (Fsp3) is 0.846. The van der Waals surface area contributed by atoms with Gasteiger partial charge in [0.25, 0.3) is 5.91 Å². The molecule has 7 heteroatoms. The first kappa shape index (κ1) is 15.2. The molecule has 2 aliphatic rings. The molecule has 0 bridgehead atoms. The van der Waals surface area contributed by atoms with Crippen molar-refractivity contribution < 1.29 is 19.1 Å². The highest BCUT2D eigenvalue weighted by molar-refractivity contribution is 6.06. The lowest BCUT2D eigenvalue weighted by Gasteiger charge is -2.27. The largest absolute Gasteiger partial charge is 0.382 e. The van der Waals surface area contributed by atoms with Crippen LogP contribution in [0.3, 0.4) is 0 Å². The maximum atomic E-state index is 12.2. The van der Waals surface area contributed by atoms with E-state index in [1.807, 2.05) is 0 Å². The molecule has 1 atom stereocenters. The number of carbonyl (C=O) groups is 2. The van der Waals surface area contributed by atoms with Crippen molar-refractivity contribution in [2.45, 2.75) is 18.9 Å². The van der Waals surface area contributed by atoms with Crippen LogP contribution in [0.5, 0.6) is 0 Å². The van der Waals surface area contributed by atoms with E-state index in [9.17, 15) is 9.59 Å². The first-order chi connectivity index (χ1) is 9.57. The number of amides is 3. The molecule has 0 radical (unpaired) electrons. The molecule has 2 saturated heterocycles. The average molecular weight is 285 g/mol. The summed E-state index contributed by atoms with van der Waals surface area (Å²) in [5, 5.41) is 2.70. The molecule has 7 nitrogen and oxygen atoms in total. The van der Waals surface area contributed by atoms with E-state index < -0.39 is 5.54 Å². The molecule has 2 fully saturated rings. The third kappa shape index (κ3) is 3.28. The molecule has 0 aromatic heterocycles. The number of ether oxygens (including phenoxy) is 2. The Balaban J connectivity index is 1.80. The van der Waals surface area contributed by atoms with Crippen molar-refractivity contribution >= 4 is 11.9 Å². The molecule has 2 heterocycles. The normalized spacial score (nSPS) is 28.0. The second kappa shape index (κ2) is 6.51. The second-order valence-electron chi connectivity index (χ2n) is 5.46. The SMILES string of the molecule is COC[C@]1(C)NC(=O)N(CCCN2CCOCC2)C1=O. The van der Waals surface area contributed by atoms with E-state index in [1.165, 1.54) is 12.0 Å². The van der Waals surface area contributed by atoms with Crippen LogP contribution < -0.4 is 5.32 Å². The Morgan fingerprint density at radius 2 is 2.00 bits per heavy atom. The minimum Gasteiger partial charge on any atom is -0.382 e. The molecular weight excluding hydrogens is 262 g/mol. The molecule has 0 saturated carbocycles. The van der Waals surface area contributed by atoms with Gasteiger partial charge in [0.15, 0.2) is 0 Å². The molecule has 0 unspecified atom stereocenters. The van der Waals surface area contributed by atoms with Crippen LogP contribution in [0.1, 0.15) is 13.3 Å². The Kier molecular flexibility index (Phi) is 4.95. The number of morpholine rings is 1. The highest BCUT2D eigenvalue weighted by Gasteiger charge is 2.47. The Labute approximate surface area is 119 Å². The lowest BCUT2D eigenvalue weighted by atomic mass is 10.0. The zero-order valence-corrected chi connectivity index (χ0v) is 12.2. The monoisotopic (exact) mass is 285 g/mol. The van der Waals surface area contributed by atoms with Gasteiger partial charge in [0.1, 0.15) is 5.54 Å². The Morgan fingerprint density at radius 3 is 2.65 bits per heavy atom. The van der Waals surface area contributed by atoms with Crippen molar-refractivity contribution in [3.05, 3.63) is 0 Å². The molecule has 0 aromatic carbocycles. The fourth-order valence-electron chi connectivity index (χ4n) is 2.61. The number of urea groups is 1. The van der Waals surface area contributed by atoms with E-state index in [4.69, 9.17) is 9.47 Å². The topological polar surface area (TPSA) is 71.1 Å². The predicted octanol–water partition coefficient (Wildman–Crippen LogP) is -0.334. The number of methoxy groups -OCH3 is 1. The van der Waals surface area contributed by atoms with Crippen LogP contribution in [0.15, 0.2) is 0 Å². The van der Waals surface area contributed by atoms with Crippen molar-refractivity contribution in [1.29, 1.82) is 0 Å². The van der Waals surface area contributed by atoms with Crippen LogP contribution in [-0.2, 0) is 14.3 Å². The standard InChI is InChI=1S/C13H23N3O4/c1-13(10-19-2)11(17)16(12(18)14-13)5-3-4-15-6-8-20-9-7-15/h3-10H2,1-2H3,(H,14,18)/t13-/m0/s1. The molecule has 114 valence electrons. The summed E-state index contributed by atoms with van der Waals surface area (Å²) < 4.78 is 10.3. The summed E-state index contributed by atoms with van der Waals surface area (Å²) in [6, 6.07) is -0.323. The molecule has 3 amide bonds. The predicted molar refractivity (Wildman–Crippen MR) is 72.4 cm³/mol. The number of imide groups is 1. The van der Waals surface area contributed by atoms with Crippen molar-refractivity contribution in [3.63, 3.8) is 0 Å². The third-order valence-electron chi connectivity index (χ3n) is 3.74. The summed E-state index contributed by atoms with van der Waals surface area (Å²) in [6.07, 6.45) is 0.780. The number of hydrogen-bond acceptors (Lipinski definition) is 5. The van der Waals surface area contributed by atoms with Crippen molar-refractivity contribution in [3.8, 4) is 0 Å². The van der Waals surface area contributed by atoms with Crippen LogP contribution in [0, 0.1) is 0 Å². The number of nitrogens with zero attached hydrogens (tertiary/aromatic N) is 2. The molecule has 0 spiro atoms. The van der Waals surface area contributed by atoms with Crippen LogP contribution >= 0.6 is 0 Å². The van der Waals surface area contributed by atoms with E-state index in [-0.39, 0.29) is 18.5 Å². The summed E-state index contributed by atoms with van der Waals surface area (Å²) in [5.41, 5.74) is -0.926. The zero-order valence-electron chi connectivity index (χ0n) is 12.2. The van der Waals surface area contributed by atoms with Gasteiger partial charge in [0, 0.05) is 33.3 Å². The molecule has 2 rings (SSSR count). The van der Waals surface area contributed by atoms with Gasteiger partial charge in [0.2, 0.25) is 0 Å². The Morgan fingerprint density at radius 1 is 1.30 bits per heavy atom. The maximum absolute atomic E-state index is 12.2. The van der Waals surface area contributed by atoms with Gasteiger partial charge in [-0.3, -0.25) is 14.6 Å². The first-order valence-corrected chi connectivity index (χ1v) is 7.00. The summed E-state index contributed by atoms with van der Waals surface area (Å²) in [4.78, 5) is 27.7. The molecule has 0 aromatic rings. The van der Waals surface area contributed by atoms with E-state index in [0.717, 1.165) is 39.3 Å². The van der Waals surface area contributed by atoms with Gasteiger partial charge in [-0.25, -0.2) is 4.79 Å². The number of hydrogen-bond donors (Lipinski definition) is 1. The van der Waals surface area contributed by atoms with Gasteiger partial charge in [0.05, 0.1) is 19.8 Å². The van der Waals surface area contributed by atoms with E-state index in [1.54, 1.807) is 6.92 Å². The van der Waals surface area contributed by atoms with Crippen LogP contribution in [0.25, 0.3) is 0 Å². The number of nitrogens with one attached hydrogen (secondary N) is 1. The van der Waals surface area contributed by atoms with Gasteiger partial charge < -0.3 is 14.8 Å². The highest BCUT2D eigenvalue weighted by atomic mass is 16.5. The Bertz CT molecular complexity index is 371. The summed E-state index contributed by atoms with van der Waals surface area (Å²) in [5.74, 6) is -0.202. The molecule has 20 heavy (non-hydrogen) atoms. The summed E-state index contributed by atoms with van der Waals surface area (Å²) in [7, 11) is 1.52. The molecular formula is C13H23N3O4. The van der Waals surface area contributed by atoms with Gasteiger partial charge >= 0.3 is 6.03 Å². The lowest BCUT2D eigenvalue weighted by Crippen LogP contribution is -2.48. The van der Waals surface area contributed by atoms with Crippen LogP contribution in [-0.4, -0.2) is 80.4 Å². The van der Waals surface area contributed by atoms with Crippen molar-refractivity contribution in [2.75, 3.05) is 53.1 Å². The first-order valence-electron chi connectivity index (χ1n) is 7.00. The smallest absolute Gasteiger partial charge is 0.325 e. The van der Waals surface area contributed by atoms with Crippen LogP contribution in [0.2, 0.25) is 0 Å². The van der Waals surface area contributed by atoms with E-state index in [0.29, 0.717) is 6.54 Å². The molecule has 0 aliphatic carbocycles. The third-order valence-corrected chi connectivity index (χ3v) is 3.74. The molecule has 1 N–H and O–H groups in total. The van der Waals surface area contributed by atoms with Gasteiger partial charge in [-0.1, -0.05) is 0 Å². The summed E-state index contributed by atoms with van der Waals surface area (Å²) in [6.45, 7) is 6.56. The minimum atomic E-state index is -0.926. The maximum Gasteiger partial charge on any atom is 0.325 e. The lowest BCUT2D eigenvalue weighted by molar-refractivity contribution is -0.132. The highest BCUT2D eigenvalue weighted by Crippen LogP contribution is 2.18. The van der Waals surface area contributed by atoms with Gasteiger partial charge in [-0.05, 0) is 13.3 Å². The van der Waals surface area contributed by atoms with Gasteiger partial charge in [-0.2, -0.15) is 0 Å². The quantitative estimate of drug-likeness (QED) is 0.676. The molecule has 2 aliphatic heterocycles. The van der Waals surface area contributed by atoms with Crippen molar-refractivity contribution in [2.24, 2.45) is 0 Å². The Hall–Kier alpha value is -1.18. The van der Waals surface area contributed by atoms with Crippen LogP contribution in [0.4, 0.5) is 4.79 Å². The second-order valence-corrected chi connectivity index (χ2v) is 5.46. The average Bonchev–Trinajstić information content (AvgIpc) is 2.63.